The van der Waals surface area contributed by atoms with Crippen molar-refractivity contribution in [2.24, 2.45) is 20.5 Å². The average molecular weight is 586 g/mol. The summed E-state index contributed by atoms with van der Waals surface area (Å²) in [4.78, 5) is 10.4. The van der Waals surface area contributed by atoms with Gasteiger partial charge in [0.15, 0.2) is 5.75 Å². The summed E-state index contributed by atoms with van der Waals surface area (Å²) in [5.74, 6) is -1.28. The smallest absolute Gasteiger partial charge is 0.335 e. The number of phenols is 1. The third-order valence-corrected chi connectivity index (χ3v) is 6.35. The highest BCUT2D eigenvalue weighted by molar-refractivity contribution is 7.86. The molecule has 216 valence electrons. The Balaban J connectivity index is 0.00000294. The number of fused-ring (bicyclic) bond motifs is 1. The molecule has 41 heavy (non-hydrogen) atoms. The first kappa shape index (κ1) is 32.1. The van der Waals surface area contributed by atoms with Gasteiger partial charge >= 0.3 is 5.97 Å². The van der Waals surface area contributed by atoms with Gasteiger partial charge in [0.25, 0.3) is 10.1 Å². The molecule has 0 saturated carbocycles. The maximum Gasteiger partial charge on any atom is 0.335 e. The predicted molar refractivity (Wildman–Crippen MR) is 151 cm³/mol. The van der Waals surface area contributed by atoms with Crippen LogP contribution in [0.4, 0.5) is 28.4 Å². The van der Waals surface area contributed by atoms with Crippen LogP contribution in [0.15, 0.2) is 86.0 Å². The lowest BCUT2D eigenvalue weighted by molar-refractivity contribution is 0.0697. The molecule has 15 nitrogen and oxygen atoms in total. The standard InChI is InChI=1S/C25H21N5O8S.2H3N/c1-37-20-12-19(21(38-2)11-18(20)28-27-16-7-4-13(5-8-16)25(32)33)29-30-23-22(39(34,35)36)9-14-3-6-15(26)10-17(14)24(23)31;;/h3-12,31H,26H2,1-2H3,(H,32,33)(H,34,35,36);2*1H3. The number of azo groups is 2. The van der Waals surface area contributed by atoms with Crippen LogP contribution in [0.1, 0.15) is 10.4 Å². The molecule has 4 rings (SSSR count). The zero-order valence-corrected chi connectivity index (χ0v) is 22.7. The molecule has 0 unspecified atom stereocenters. The zero-order valence-electron chi connectivity index (χ0n) is 21.8. The maximum atomic E-state index is 12.1. The van der Waals surface area contributed by atoms with Crippen molar-refractivity contribution in [1.29, 1.82) is 0 Å². The van der Waals surface area contributed by atoms with E-state index in [1.807, 2.05) is 0 Å². The summed E-state index contributed by atoms with van der Waals surface area (Å²) in [7, 11) is -2.07. The molecule has 0 aliphatic carbocycles. The van der Waals surface area contributed by atoms with Crippen molar-refractivity contribution in [3.8, 4) is 17.2 Å². The number of aromatic hydroxyl groups is 1. The molecule has 0 aromatic heterocycles. The molecule has 11 N–H and O–H groups in total. The summed E-state index contributed by atoms with van der Waals surface area (Å²) in [6.45, 7) is 0. The molecule has 0 saturated heterocycles. The molecule has 0 radical (unpaired) electrons. The minimum Gasteiger partial charge on any atom is -0.505 e. The van der Waals surface area contributed by atoms with Crippen molar-refractivity contribution in [2.45, 2.75) is 4.90 Å². The lowest BCUT2D eigenvalue weighted by Crippen LogP contribution is -1.99. The van der Waals surface area contributed by atoms with Gasteiger partial charge in [0, 0.05) is 23.2 Å². The molecule has 0 atom stereocenters. The van der Waals surface area contributed by atoms with Crippen molar-refractivity contribution in [1.82, 2.24) is 12.3 Å². The van der Waals surface area contributed by atoms with Crippen molar-refractivity contribution >= 4 is 55.3 Å². The topological polar surface area (TPSA) is 276 Å². The van der Waals surface area contributed by atoms with E-state index in [9.17, 15) is 22.9 Å². The van der Waals surface area contributed by atoms with E-state index in [4.69, 9.17) is 20.3 Å². The molecule has 4 aromatic carbocycles. The molecule has 0 amide bonds. The third-order valence-electron chi connectivity index (χ3n) is 5.48. The Morgan fingerprint density at radius 1 is 0.829 bits per heavy atom. The number of ether oxygens (including phenoxy) is 2. The first-order valence-corrected chi connectivity index (χ1v) is 12.4. The normalized spacial score (nSPS) is 11.3. The van der Waals surface area contributed by atoms with Gasteiger partial charge in [-0.25, -0.2) is 4.79 Å². The fourth-order valence-electron chi connectivity index (χ4n) is 3.56. The molecule has 0 aliphatic heterocycles. The van der Waals surface area contributed by atoms with E-state index in [-0.39, 0.29) is 46.1 Å². The van der Waals surface area contributed by atoms with Crippen molar-refractivity contribution < 1.29 is 37.5 Å². The Hall–Kier alpha value is -5.16. The molecule has 0 spiro atoms. The van der Waals surface area contributed by atoms with Crippen molar-refractivity contribution in [3.63, 3.8) is 0 Å². The van der Waals surface area contributed by atoms with Gasteiger partial charge < -0.3 is 37.7 Å². The first-order chi connectivity index (χ1) is 18.5. The summed E-state index contributed by atoms with van der Waals surface area (Å²) < 4.78 is 44.6. The molecular weight excluding hydrogens is 558 g/mol. The van der Waals surface area contributed by atoms with Crippen LogP contribution in [0.3, 0.4) is 0 Å². The highest BCUT2D eigenvalue weighted by Crippen LogP contribution is 2.44. The van der Waals surface area contributed by atoms with Crippen LogP contribution in [-0.2, 0) is 10.1 Å². The predicted octanol–water partition coefficient (Wildman–Crippen LogP) is 6.24. The van der Waals surface area contributed by atoms with Crippen LogP contribution < -0.4 is 27.5 Å². The number of carboxylic acids is 1. The first-order valence-electron chi connectivity index (χ1n) is 11.0. The number of phenolic OH excluding ortho intramolecular Hbond substituents is 1. The molecule has 0 fully saturated rings. The van der Waals surface area contributed by atoms with Gasteiger partial charge in [0.05, 0.1) is 25.5 Å². The summed E-state index contributed by atoms with van der Waals surface area (Å²) in [6, 6.07) is 14.1. The van der Waals surface area contributed by atoms with Gasteiger partial charge in [-0.2, -0.15) is 13.5 Å². The number of carbonyl (C=O) groups is 1. The van der Waals surface area contributed by atoms with Crippen LogP contribution in [-0.4, -0.2) is 43.4 Å². The van der Waals surface area contributed by atoms with Crippen molar-refractivity contribution in [3.05, 3.63) is 66.2 Å². The summed E-state index contributed by atoms with van der Waals surface area (Å²) in [5, 5.41) is 36.5. The third kappa shape index (κ3) is 6.89. The maximum absolute atomic E-state index is 12.1. The Morgan fingerprint density at radius 2 is 1.39 bits per heavy atom. The summed E-state index contributed by atoms with van der Waals surface area (Å²) in [6.07, 6.45) is 0. The van der Waals surface area contributed by atoms with Crippen LogP contribution in [0.5, 0.6) is 17.2 Å². The number of nitrogen functional groups attached to an aromatic ring is 1. The lowest BCUT2D eigenvalue weighted by Gasteiger charge is -2.11. The van der Waals surface area contributed by atoms with Crippen LogP contribution in [0, 0.1) is 0 Å². The second kappa shape index (κ2) is 12.8. The van der Waals surface area contributed by atoms with Crippen LogP contribution in [0.2, 0.25) is 0 Å². The van der Waals surface area contributed by atoms with Crippen LogP contribution >= 0.6 is 0 Å². The van der Waals surface area contributed by atoms with Gasteiger partial charge in [0.1, 0.15) is 33.5 Å². The fraction of sp³-hybridized carbons (Fsp3) is 0.0800. The molecular formula is C25H27N7O8S. The number of nitrogens with zero attached hydrogens (tertiary/aromatic N) is 4. The number of aromatic carboxylic acids is 1. The minimum absolute atomic E-state index is 0. The molecule has 16 heteroatoms. The van der Waals surface area contributed by atoms with Gasteiger partial charge in [-0.1, -0.05) is 6.07 Å². The lowest BCUT2D eigenvalue weighted by atomic mass is 10.1. The van der Waals surface area contributed by atoms with E-state index < -0.39 is 32.4 Å². The Kier molecular flexibility index (Phi) is 10.0. The van der Waals surface area contributed by atoms with Crippen LogP contribution in [0.25, 0.3) is 10.8 Å². The number of benzene rings is 4. The van der Waals surface area contributed by atoms with E-state index in [2.05, 4.69) is 20.5 Å². The minimum atomic E-state index is -4.80. The average Bonchev–Trinajstić information content (AvgIpc) is 2.91. The largest absolute Gasteiger partial charge is 0.505 e. The van der Waals surface area contributed by atoms with Crippen molar-refractivity contribution in [2.75, 3.05) is 20.0 Å². The van der Waals surface area contributed by atoms with Gasteiger partial charge in [-0.3, -0.25) is 4.55 Å². The van der Waals surface area contributed by atoms with Gasteiger partial charge in [-0.05, 0) is 47.9 Å². The van der Waals surface area contributed by atoms with E-state index in [1.165, 1.54) is 68.8 Å². The number of hydrogen-bond acceptors (Lipinski definition) is 13. The molecule has 0 bridgehead atoms. The Labute approximate surface area is 233 Å². The number of carboxylic acid groups (broad SMARTS) is 1. The second-order valence-corrected chi connectivity index (χ2v) is 9.37. The zero-order chi connectivity index (χ0) is 28.3. The number of nitrogens with two attached hydrogens (primary N) is 1. The monoisotopic (exact) mass is 585 g/mol. The Morgan fingerprint density at radius 3 is 1.90 bits per heavy atom. The SMILES string of the molecule is COc1cc(N=Nc2c(S(=O)(=O)O)cc3ccc(N)cc3c2O)c(OC)cc1N=Nc1ccc(C(=O)O)cc1.N.N. The Bertz CT molecular complexity index is 1760. The van der Waals surface area contributed by atoms with E-state index >= 15 is 0 Å². The number of hydrogen-bond donors (Lipinski definition) is 6. The van der Waals surface area contributed by atoms with E-state index in [0.717, 1.165) is 6.07 Å². The van der Waals surface area contributed by atoms with E-state index in [1.54, 1.807) is 0 Å². The summed E-state index contributed by atoms with van der Waals surface area (Å²) in [5.41, 5.74) is 6.39. The number of anilines is 1. The van der Waals surface area contributed by atoms with Gasteiger partial charge in [0.2, 0.25) is 0 Å². The van der Waals surface area contributed by atoms with E-state index in [0.29, 0.717) is 16.8 Å². The highest BCUT2D eigenvalue weighted by atomic mass is 32.2. The molecule has 0 heterocycles. The molecule has 0 aliphatic rings. The fourth-order valence-corrected chi connectivity index (χ4v) is 4.22. The quantitative estimate of drug-likeness (QED) is 0.0763. The highest BCUT2D eigenvalue weighted by Gasteiger charge is 2.22. The second-order valence-electron chi connectivity index (χ2n) is 7.98. The number of methoxy groups -OCH3 is 2. The van der Waals surface area contributed by atoms with Gasteiger partial charge in [-0.15, -0.1) is 15.3 Å². The number of rotatable bonds is 8. The summed E-state index contributed by atoms with van der Waals surface area (Å²) >= 11 is 0. The molecule has 4 aromatic rings.